The van der Waals surface area contributed by atoms with Gasteiger partial charge in [-0.15, -0.1) is 0 Å². The van der Waals surface area contributed by atoms with Gasteiger partial charge in [0.05, 0.1) is 25.5 Å². The van der Waals surface area contributed by atoms with Gasteiger partial charge in [-0.2, -0.15) is 0 Å². The summed E-state index contributed by atoms with van der Waals surface area (Å²) in [6, 6.07) is -7.13. The third-order valence-corrected chi connectivity index (χ3v) is 7.54. The van der Waals surface area contributed by atoms with Crippen LogP contribution in [0.5, 0.6) is 0 Å². The number of carbonyl (C=O) groups excluding carboxylic acids is 6. The van der Waals surface area contributed by atoms with E-state index in [1.54, 1.807) is 13.8 Å². The number of carboxylic acid groups (broad SMARTS) is 1. The predicted molar refractivity (Wildman–Crippen MR) is 181 cm³/mol. The lowest BCUT2D eigenvalue weighted by Gasteiger charge is -2.26. The van der Waals surface area contributed by atoms with Crippen LogP contribution in [0.2, 0.25) is 0 Å². The number of aromatic amines is 1. The fraction of sp³-hybridized carbons (Fsp3) is 0.677. The number of imidazole rings is 1. The van der Waals surface area contributed by atoms with Crippen molar-refractivity contribution in [1.82, 2.24) is 41.9 Å². The highest BCUT2D eigenvalue weighted by atomic mass is 16.4. The lowest BCUT2D eigenvalue weighted by Crippen LogP contribution is -2.60. The van der Waals surface area contributed by atoms with Gasteiger partial charge in [0.2, 0.25) is 35.4 Å². The van der Waals surface area contributed by atoms with Gasteiger partial charge in [0.15, 0.2) is 0 Å². The number of nitrogens with two attached hydrogens (primary N) is 2. The van der Waals surface area contributed by atoms with Crippen LogP contribution in [0.15, 0.2) is 12.5 Å². The molecule has 282 valence electrons. The largest absolute Gasteiger partial charge is 0.480 e. The fourth-order valence-corrected chi connectivity index (χ4v) is 4.53. The third-order valence-electron chi connectivity index (χ3n) is 7.54. The molecule has 1 heterocycles. The topological polar surface area (TPSA) is 313 Å². The van der Waals surface area contributed by atoms with Crippen molar-refractivity contribution in [2.75, 3.05) is 19.7 Å². The van der Waals surface area contributed by atoms with Gasteiger partial charge in [-0.1, -0.05) is 27.7 Å². The van der Waals surface area contributed by atoms with Crippen LogP contribution in [-0.2, 0) is 40.0 Å². The standard InChI is InChI=1S/C31H54N10O9/c1-16(2)10-21(27(45)37-18(5)26(44)35-13-24(43)38-20(31(49)50)8-6-7-9-32)39-28(46)22(11-19-12-34-15-36-19)40-29(47)23(14-42)41-30(48)25(33)17(3)4/h12,15-18,20-23,25,42H,6-11,13-14,32-33H2,1-5H3,(H,34,36)(H,35,44)(H,37,45)(H,38,43)(H,39,46)(H,40,47)(H,41,48)(H,49,50)/t18-,20-,21-,22-,23-,25-/m0/s1. The van der Waals surface area contributed by atoms with Gasteiger partial charge in [-0.25, -0.2) is 9.78 Å². The van der Waals surface area contributed by atoms with E-state index in [0.29, 0.717) is 25.1 Å². The molecule has 19 nitrogen and oxygen atoms in total. The Labute approximate surface area is 291 Å². The molecule has 0 unspecified atom stereocenters. The van der Waals surface area contributed by atoms with Crippen molar-refractivity contribution in [2.45, 2.75) is 103 Å². The molecule has 50 heavy (non-hydrogen) atoms. The summed E-state index contributed by atoms with van der Waals surface area (Å²) in [6.45, 7) is 7.46. The maximum absolute atomic E-state index is 13.6. The summed E-state index contributed by atoms with van der Waals surface area (Å²) in [5.74, 6) is -6.09. The Morgan fingerprint density at radius 2 is 1.40 bits per heavy atom. The molecule has 0 radical (unpaired) electrons. The summed E-state index contributed by atoms with van der Waals surface area (Å²) in [5.41, 5.74) is 11.7. The Kier molecular flexibility index (Phi) is 19.2. The third kappa shape index (κ3) is 15.7. The summed E-state index contributed by atoms with van der Waals surface area (Å²) in [4.78, 5) is 95.6. The van der Waals surface area contributed by atoms with Gasteiger partial charge in [0.1, 0.15) is 30.2 Å². The number of unbranched alkanes of at least 4 members (excludes halogenated alkanes) is 1. The van der Waals surface area contributed by atoms with Gasteiger partial charge < -0.3 is 58.6 Å². The summed E-state index contributed by atoms with van der Waals surface area (Å²) >= 11 is 0. The molecule has 1 aromatic heterocycles. The van der Waals surface area contributed by atoms with Crippen molar-refractivity contribution in [1.29, 1.82) is 0 Å². The molecule has 13 N–H and O–H groups in total. The first kappa shape index (κ1) is 43.4. The number of rotatable bonds is 23. The average Bonchev–Trinajstić information content (AvgIpc) is 3.57. The molecule has 0 saturated carbocycles. The second-order valence-electron chi connectivity index (χ2n) is 12.7. The molecule has 0 aliphatic carbocycles. The number of nitrogens with one attached hydrogen (secondary N) is 7. The first-order valence-electron chi connectivity index (χ1n) is 16.6. The van der Waals surface area contributed by atoms with Gasteiger partial charge in [0.25, 0.3) is 0 Å². The maximum atomic E-state index is 13.6. The predicted octanol–water partition coefficient (Wildman–Crippen LogP) is -3.25. The molecule has 0 spiro atoms. The van der Waals surface area contributed by atoms with E-state index in [2.05, 4.69) is 41.9 Å². The fourth-order valence-electron chi connectivity index (χ4n) is 4.53. The molecular weight excluding hydrogens is 656 g/mol. The summed E-state index contributed by atoms with van der Waals surface area (Å²) in [7, 11) is 0. The van der Waals surface area contributed by atoms with Crippen LogP contribution in [0.25, 0.3) is 0 Å². The quantitative estimate of drug-likeness (QED) is 0.0499. The Balaban J connectivity index is 2.97. The van der Waals surface area contributed by atoms with Crippen LogP contribution < -0.4 is 43.4 Å². The maximum Gasteiger partial charge on any atom is 0.326 e. The minimum Gasteiger partial charge on any atom is -0.480 e. The number of carbonyl (C=O) groups is 7. The Hall–Kier alpha value is -4.62. The van der Waals surface area contributed by atoms with E-state index >= 15 is 0 Å². The minimum atomic E-state index is -1.42. The van der Waals surface area contributed by atoms with Crippen molar-refractivity contribution < 1.29 is 43.8 Å². The lowest BCUT2D eigenvalue weighted by molar-refractivity contribution is -0.142. The molecule has 0 saturated heterocycles. The van der Waals surface area contributed by atoms with Crippen LogP contribution in [0.3, 0.4) is 0 Å². The molecule has 19 heteroatoms. The van der Waals surface area contributed by atoms with E-state index in [-0.39, 0.29) is 31.1 Å². The van der Waals surface area contributed by atoms with Crippen molar-refractivity contribution >= 4 is 41.4 Å². The Morgan fingerprint density at radius 1 is 0.800 bits per heavy atom. The highest BCUT2D eigenvalue weighted by Crippen LogP contribution is 2.08. The number of hydrogen-bond acceptors (Lipinski definition) is 11. The summed E-state index contributed by atoms with van der Waals surface area (Å²) in [6.07, 6.45) is 4.09. The molecule has 1 aromatic rings. The van der Waals surface area contributed by atoms with Crippen LogP contribution >= 0.6 is 0 Å². The molecule has 6 amide bonds. The number of aliphatic hydroxyl groups is 1. The van der Waals surface area contributed by atoms with Crippen molar-refractivity contribution in [3.05, 3.63) is 18.2 Å². The number of aromatic nitrogens is 2. The van der Waals surface area contributed by atoms with Gasteiger partial charge in [-0.05, 0) is 51.0 Å². The first-order valence-corrected chi connectivity index (χ1v) is 16.6. The van der Waals surface area contributed by atoms with E-state index < -0.39 is 90.8 Å². The lowest BCUT2D eigenvalue weighted by atomic mass is 10.0. The molecule has 0 aliphatic rings. The summed E-state index contributed by atoms with van der Waals surface area (Å²) < 4.78 is 0. The van der Waals surface area contributed by atoms with Crippen LogP contribution in [0, 0.1) is 11.8 Å². The second-order valence-corrected chi connectivity index (χ2v) is 12.7. The average molecular weight is 711 g/mol. The minimum absolute atomic E-state index is 0.0954. The second kappa shape index (κ2) is 22.2. The number of aliphatic carboxylic acids is 1. The van der Waals surface area contributed by atoms with Gasteiger partial charge in [0, 0.05) is 18.3 Å². The molecule has 1 rings (SSSR count). The van der Waals surface area contributed by atoms with Crippen molar-refractivity contribution in [3.8, 4) is 0 Å². The SMILES string of the molecule is CC(C)C[C@H](NC(=O)[C@H](Cc1cnc[nH]1)NC(=O)[C@H](CO)NC(=O)[C@@H](N)C(C)C)C(=O)N[C@@H](C)C(=O)NCC(=O)N[C@@H](CCCCN)C(=O)O. The number of carboxylic acids is 1. The van der Waals surface area contributed by atoms with E-state index in [1.165, 1.54) is 19.4 Å². The normalized spacial score (nSPS) is 14.8. The van der Waals surface area contributed by atoms with E-state index in [4.69, 9.17) is 11.5 Å². The first-order chi connectivity index (χ1) is 23.5. The van der Waals surface area contributed by atoms with Gasteiger partial charge in [-0.3, -0.25) is 28.8 Å². The molecule has 0 aliphatic heterocycles. The zero-order chi connectivity index (χ0) is 38.0. The number of hydrogen-bond donors (Lipinski definition) is 11. The van der Waals surface area contributed by atoms with Crippen molar-refractivity contribution in [2.24, 2.45) is 23.3 Å². The van der Waals surface area contributed by atoms with Crippen LogP contribution in [0.1, 0.15) is 66.0 Å². The number of aliphatic hydroxyl groups excluding tert-OH is 1. The zero-order valence-electron chi connectivity index (χ0n) is 29.3. The number of amides is 6. The molecular formula is C31H54N10O9. The highest BCUT2D eigenvalue weighted by Gasteiger charge is 2.32. The van der Waals surface area contributed by atoms with Crippen LogP contribution in [0.4, 0.5) is 0 Å². The van der Waals surface area contributed by atoms with E-state index in [1.807, 2.05) is 13.8 Å². The molecule has 0 bridgehead atoms. The Bertz CT molecular complexity index is 1280. The van der Waals surface area contributed by atoms with Gasteiger partial charge >= 0.3 is 5.97 Å². The Morgan fingerprint density at radius 3 is 1.94 bits per heavy atom. The monoisotopic (exact) mass is 710 g/mol. The van der Waals surface area contributed by atoms with E-state index in [0.717, 1.165) is 0 Å². The van der Waals surface area contributed by atoms with Crippen molar-refractivity contribution in [3.63, 3.8) is 0 Å². The number of nitrogens with zero attached hydrogens (tertiary/aromatic N) is 1. The van der Waals surface area contributed by atoms with E-state index in [9.17, 15) is 43.8 Å². The molecule has 0 aromatic carbocycles. The molecule has 6 atom stereocenters. The van der Waals surface area contributed by atoms with Crippen LogP contribution in [-0.4, -0.2) is 118 Å². The summed E-state index contributed by atoms with van der Waals surface area (Å²) in [5, 5.41) is 33.8. The zero-order valence-corrected chi connectivity index (χ0v) is 29.3. The number of H-pyrrole nitrogens is 1. The molecule has 0 fully saturated rings. The highest BCUT2D eigenvalue weighted by molar-refractivity contribution is 5.96. The smallest absolute Gasteiger partial charge is 0.326 e.